The van der Waals surface area contributed by atoms with Crippen molar-refractivity contribution in [3.63, 3.8) is 0 Å². The third-order valence-electron chi connectivity index (χ3n) is 6.05. The maximum Gasteiger partial charge on any atom is 0.261 e. The van der Waals surface area contributed by atoms with Crippen molar-refractivity contribution in [1.82, 2.24) is 4.31 Å². The molecular formula is C25H24Cl3N3O5S2. The first-order valence-electron chi connectivity index (χ1n) is 11.5. The monoisotopic (exact) mass is 615 g/mol. The Kier molecular flexibility index (Phi) is 8.91. The van der Waals surface area contributed by atoms with Crippen LogP contribution in [0.4, 0.5) is 11.4 Å². The van der Waals surface area contributed by atoms with Crippen molar-refractivity contribution < 1.29 is 21.6 Å². The van der Waals surface area contributed by atoms with Crippen molar-refractivity contribution in [3.05, 3.63) is 87.4 Å². The first-order valence-corrected chi connectivity index (χ1v) is 15.8. The van der Waals surface area contributed by atoms with E-state index < -0.39 is 26.0 Å². The highest BCUT2D eigenvalue weighted by atomic mass is 35.5. The summed E-state index contributed by atoms with van der Waals surface area (Å²) < 4.78 is 55.2. The summed E-state index contributed by atoms with van der Waals surface area (Å²) in [6.45, 7) is 0.343. The van der Waals surface area contributed by atoms with Crippen LogP contribution in [0, 0.1) is 5.92 Å². The SMILES string of the molecule is O=C(Nc1ccc(S(=O)(=O)Nc2ccccc2Cl)cc1)C1CCCN(S(=O)(=O)Cc2ccc(Cl)cc2Cl)C1. The molecule has 1 saturated heterocycles. The van der Waals surface area contributed by atoms with E-state index in [-0.39, 0.29) is 38.8 Å². The number of hydrogen-bond donors (Lipinski definition) is 2. The van der Waals surface area contributed by atoms with Gasteiger partial charge in [-0.25, -0.2) is 21.1 Å². The molecule has 3 aromatic rings. The van der Waals surface area contributed by atoms with Crippen molar-refractivity contribution >= 4 is 72.1 Å². The largest absolute Gasteiger partial charge is 0.326 e. The van der Waals surface area contributed by atoms with Gasteiger partial charge in [0.15, 0.2) is 0 Å². The van der Waals surface area contributed by atoms with E-state index in [4.69, 9.17) is 34.8 Å². The number of amides is 1. The van der Waals surface area contributed by atoms with Crippen LogP contribution in [0.5, 0.6) is 0 Å². The Labute approximate surface area is 237 Å². The van der Waals surface area contributed by atoms with Crippen molar-refractivity contribution in [3.8, 4) is 0 Å². The second kappa shape index (κ2) is 11.8. The summed E-state index contributed by atoms with van der Waals surface area (Å²) >= 11 is 18.1. The molecule has 1 aliphatic rings. The zero-order valence-electron chi connectivity index (χ0n) is 19.9. The molecule has 38 heavy (non-hydrogen) atoms. The standard InChI is InChI=1S/C25H24Cl3N3O5S2/c26-19-8-7-18(23(28)14-19)16-37(33,34)31-13-3-4-17(15-31)25(32)29-20-9-11-21(12-10-20)38(35,36)30-24-6-2-1-5-22(24)27/h1-2,5-12,14,17,30H,3-4,13,15-16H2,(H,29,32). The van der Waals surface area contributed by atoms with E-state index in [9.17, 15) is 21.6 Å². The first kappa shape index (κ1) is 28.7. The summed E-state index contributed by atoms with van der Waals surface area (Å²) in [6.07, 6.45) is 1.05. The number of rotatable bonds is 8. The minimum Gasteiger partial charge on any atom is -0.326 e. The Morgan fingerprint density at radius 3 is 2.32 bits per heavy atom. The van der Waals surface area contributed by atoms with Gasteiger partial charge in [0.25, 0.3) is 10.0 Å². The van der Waals surface area contributed by atoms with Crippen LogP contribution >= 0.6 is 34.8 Å². The minimum absolute atomic E-state index is 0.00814. The highest BCUT2D eigenvalue weighted by Gasteiger charge is 2.33. The number of sulfonamides is 2. The quantitative estimate of drug-likeness (QED) is 0.341. The van der Waals surface area contributed by atoms with Crippen LogP contribution < -0.4 is 10.0 Å². The van der Waals surface area contributed by atoms with Crippen LogP contribution in [-0.2, 0) is 30.6 Å². The van der Waals surface area contributed by atoms with Gasteiger partial charge in [-0.3, -0.25) is 9.52 Å². The van der Waals surface area contributed by atoms with Crippen molar-refractivity contribution in [2.24, 2.45) is 5.92 Å². The van der Waals surface area contributed by atoms with E-state index in [0.29, 0.717) is 35.7 Å². The Morgan fingerprint density at radius 2 is 1.63 bits per heavy atom. The number of benzene rings is 3. The van der Waals surface area contributed by atoms with Crippen LogP contribution in [0.1, 0.15) is 18.4 Å². The van der Waals surface area contributed by atoms with Gasteiger partial charge in [-0.1, -0.05) is 53.0 Å². The first-order chi connectivity index (χ1) is 17.9. The Hall–Kier alpha value is -2.34. The van der Waals surface area contributed by atoms with Gasteiger partial charge in [0.05, 0.1) is 27.3 Å². The van der Waals surface area contributed by atoms with Gasteiger partial charge in [-0.05, 0) is 66.9 Å². The summed E-state index contributed by atoms with van der Waals surface area (Å²) in [6, 6.07) is 16.8. The predicted molar refractivity (Wildman–Crippen MR) is 151 cm³/mol. The zero-order chi connectivity index (χ0) is 27.5. The molecule has 0 radical (unpaired) electrons. The van der Waals surface area contributed by atoms with Crippen molar-refractivity contribution in [2.45, 2.75) is 23.5 Å². The molecule has 13 heteroatoms. The number of halogens is 3. The summed E-state index contributed by atoms with van der Waals surface area (Å²) in [5.41, 5.74) is 1.07. The van der Waals surface area contributed by atoms with Crippen LogP contribution in [0.15, 0.2) is 71.6 Å². The van der Waals surface area contributed by atoms with Crippen LogP contribution in [-0.4, -0.2) is 40.1 Å². The minimum atomic E-state index is -3.89. The highest BCUT2D eigenvalue weighted by molar-refractivity contribution is 7.92. The predicted octanol–water partition coefficient (Wildman–Crippen LogP) is 5.63. The molecule has 0 saturated carbocycles. The molecule has 1 unspecified atom stereocenters. The maximum absolute atomic E-state index is 13.0. The molecule has 3 aromatic carbocycles. The average molecular weight is 617 g/mol. The average Bonchev–Trinajstić information content (AvgIpc) is 2.87. The Bertz CT molecular complexity index is 1550. The van der Waals surface area contributed by atoms with E-state index in [1.807, 2.05) is 0 Å². The molecule has 0 aliphatic carbocycles. The lowest BCUT2D eigenvalue weighted by Crippen LogP contribution is -2.44. The normalized spacial score (nSPS) is 16.7. The van der Waals surface area contributed by atoms with Crippen LogP contribution in [0.25, 0.3) is 0 Å². The molecule has 0 aromatic heterocycles. The number of anilines is 2. The fourth-order valence-corrected chi connectivity index (χ4v) is 7.56. The van der Waals surface area contributed by atoms with Gasteiger partial charge >= 0.3 is 0 Å². The molecule has 0 spiro atoms. The molecule has 4 rings (SSSR count). The molecule has 202 valence electrons. The maximum atomic E-state index is 13.0. The molecule has 1 amide bonds. The lowest BCUT2D eigenvalue weighted by Gasteiger charge is -2.31. The Morgan fingerprint density at radius 1 is 0.921 bits per heavy atom. The fourth-order valence-electron chi connectivity index (χ4n) is 4.05. The van der Waals surface area contributed by atoms with E-state index in [0.717, 1.165) is 0 Å². The fraction of sp³-hybridized carbons (Fsp3) is 0.240. The molecule has 1 atom stereocenters. The smallest absolute Gasteiger partial charge is 0.261 e. The second-order valence-electron chi connectivity index (χ2n) is 8.79. The molecule has 1 heterocycles. The highest BCUT2D eigenvalue weighted by Crippen LogP contribution is 2.28. The zero-order valence-corrected chi connectivity index (χ0v) is 23.8. The molecule has 1 aliphatic heterocycles. The van der Waals surface area contributed by atoms with Crippen molar-refractivity contribution in [1.29, 1.82) is 0 Å². The third kappa shape index (κ3) is 6.99. The summed E-state index contributed by atoms with van der Waals surface area (Å²) in [5, 5.41) is 3.69. The van der Waals surface area contributed by atoms with E-state index in [2.05, 4.69) is 10.0 Å². The molecular weight excluding hydrogens is 593 g/mol. The lowest BCUT2D eigenvalue weighted by molar-refractivity contribution is -0.120. The van der Waals surface area contributed by atoms with Gasteiger partial charge in [0.2, 0.25) is 15.9 Å². The number of piperidine rings is 1. The van der Waals surface area contributed by atoms with Gasteiger partial charge in [0, 0.05) is 28.8 Å². The van der Waals surface area contributed by atoms with Gasteiger partial charge in [-0.15, -0.1) is 0 Å². The summed E-state index contributed by atoms with van der Waals surface area (Å²) in [4.78, 5) is 12.9. The van der Waals surface area contributed by atoms with Gasteiger partial charge < -0.3 is 5.32 Å². The number of nitrogens with zero attached hydrogens (tertiary/aromatic N) is 1. The number of hydrogen-bond acceptors (Lipinski definition) is 5. The number of nitrogens with one attached hydrogen (secondary N) is 2. The summed E-state index contributed by atoms with van der Waals surface area (Å²) in [5.74, 6) is -1.21. The van der Waals surface area contributed by atoms with E-state index in [1.54, 1.807) is 36.4 Å². The topological polar surface area (TPSA) is 113 Å². The molecule has 1 fully saturated rings. The number of carbonyl (C=O) groups excluding carboxylic acids is 1. The third-order valence-corrected chi connectivity index (χ3v) is 10.1. The van der Waals surface area contributed by atoms with E-state index >= 15 is 0 Å². The van der Waals surface area contributed by atoms with Crippen LogP contribution in [0.3, 0.4) is 0 Å². The van der Waals surface area contributed by atoms with E-state index in [1.165, 1.54) is 34.6 Å². The summed E-state index contributed by atoms with van der Waals surface area (Å²) in [7, 11) is -7.61. The van der Waals surface area contributed by atoms with Gasteiger partial charge in [-0.2, -0.15) is 0 Å². The van der Waals surface area contributed by atoms with Gasteiger partial charge in [0.1, 0.15) is 0 Å². The molecule has 2 N–H and O–H groups in total. The second-order valence-corrected chi connectivity index (χ2v) is 13.7. The molecule has 0 bridgehead atoms. The Balaban J connectivity index is 1.39. The van der Waals surface area contributed by atoms with Crippen molar-refractivity contribution in [2.75, 3.05) is 23.1 Å². The number of para-hydroxylation sites is 1. The van der Waals surface area contributed by atoms with Crippen LogP contribution in [0.2, 0.25) is 15.1 Å². The molecule has 8 nitrogen and oxygen atoms in total. The number of carbonyl (C=O) groups is 1. The lowest BCUT2D eigenvalue weighted by atomic mass is 9.99.